The first-order valence-corrected chi connectivity index (χ1v) is 10.8. The van der Waals surface area contributed by atoms with E-state index in [2.05, 4.69) is 22.5 Å². The van der Waals surface area contributed by atoms with Crippen molar-refractivity contribution in [2.24, 2.45) is 4.99 Å². The van der Waals surface area contributed by atoms with Crippen LogP contribution in [0.25, 0.3) is 0 Å². The Kier molecular flexibility index (Phi) is 9.65. The molecule has 1 saturated heterocycles. The summed E-state index contributed by atoms with van der Waals surface area (Å²) >= 11 is 0. The zero-order chi connectivity index (χ0) is 20.1. The normalized spacial score (nSPS) is 20.3. The van der Waals surface area contributed by atoms with Crippen molar-refractivity contribution in [3.8, 4) is 0 Å². The molecule has 0 spiro atoms. The first kappa shape index (κ1) is 25.1. The molecule has 1 unspecified atom stereocenters. The van der Waals surface area contributed by atoms with E-state index in [1.54, 1.807) is 26.2 Å². The lowest BCUT2D eigenvalue weighted by Crippen LogP contribution is -2.45. The molecule has 160 valence electrons. The maximum Gasteiger partial charge on any atom is 0.243 e. The topological polar surface area (TPSA) is 83.0 Å². The predicted molar refractivity (Wildman–Crippen MR) is 124 cm³/mol. The lowest BCUT2D eigenvalue weighted by molar-refractivity contribution is 0.0243. The number of nitrogens with zero attached hydrogens (tertiary/aromatic N) is 2. The zero-order valence-electron chi connectivity index (χ0n) is 17.4. The number of hydrogen-bond acceptors (Lipinski definition) is 4. The molecule has 2 N–H and O–H groups in total. The highest BCUT2D eigenvalue weighted by atomic mass is 127. The van der Waals surface area contributed by atoms with Gasteiger partial charge in [0.25, 0.3) is 0 Å². The van der Waals surface area contributed by atoms with Crippen LogP contribution < -0.4 is 10.6 Å². The molecular formula is C19H33IN4O3S. The van der Waals surface area contributed by atoms with E-state index in [1.807, 2.05) is 26.0 Å². The molecule has 1 aromatic carbocycles. The summed E-state index contributed by atoms with van der Waals surface area (Å²) in [7, 11) is -0.129. The Morgan fingerprint density at radius 2 is 1.93 bits per heavy atom. The SMILES string of the molecule is CN=C(NCc1ccc(S(=O)(=O)N(C)C(C)C)cc1)NCC1(C)CCCO1.I. The van der Waals surface area contributed by atoms with Gasteiger partial charge in [-0.25, -0.2) is 8.42 Å². The Labute approximate surface area is 186 Å². The van der Waals surface area contributed by atoms with Crippen LogP contribution >= 0.6 is 24.0 Å². The van der Waals surface area contributed by atoms with Gasteiger partial charge in [-0.1, -0.05) is 12.1 Å². The fraction of sp³-hybridized carbons (Fsp3) is 0.632. The van der Waals surface area contributed by atoms with Gasteiger partial charge in [0.1, 0.15) is 0 Å². The van der Waals surface area contributed by atoms with Gasteiger partial charge in [-0.2, -0.15) is 4.31 Å². The molecular weight excluding hydrogens is 491 g/mol. The molecule has 1 atom stereocenters. The minimum absolute atomic E-state index is 0. The van der Waals surface area contributed by atoms with E-state index in [0.29, 0.717) is 23.9 Å². The Balaban J connectivity index is 0.00000392. The van der Waals surface area contributed by atoms with Gasteiger partial charge in [0.15, 0.2) is 5.96 Å². The zero-order valence-corrected chi connectivity index (χ0v) is 20.5. The van der Waals surface area contributed by atoms with Crippen molar-refractivity contribution in [3.05, 3.63) is 29.8 Å². The predicted octanol–water partition coefficient (Wildman–Crippen LogP) is 2.57. The largest absolute Gasteiger partial charge is 0.373 e. The third-order valence-corrected chi connectivity index (χ3v) is 6.99. The van der Waals surface area contributed by atoms with E-state index < -0.39 is 10.0 Å². The number of ether oxygens (including phenoxy) is 1. The van der Waals surface area contributed by atoms with Gasteiger partial charge in [0.05, 0.1) is 10.5 Å². The van der Waals surface area contributed by atoms with Crippen LogP contribution in [0.3, 0.4) is 0 Å². The van der Waals surface area contributed by atoms with Gasteiger partial charge in [0, 0.05) is 39.8 Å². The molecule has 0 radical (unpaired) electrons. The summed E-state index contributed by atoms with van der Waals surface area (Å²) in [6, 6.07) is 6.85. The van der Waals surface area contributed by atoms with Crippen molar-refractivity contribution in [3.63, 3.8) is 0 Å². The second-order valence-corrected chi connectivity index (χ2v) is 9.44. The van der Waals surface area contributed by atoms with Crippen molar-refractivity contribution >= 4 is 40.0 Å². The van der Waals surface area contributed by atoms with Crippen molar-refractivity contribution in [2.45, 2.75) is 56.7 Å². The molecule has 0 saturated carbocycles. The van der Waals surface area contributed by atoms with E-state index in [0.717, 1.165) is 25.0 Å². The van der Waals surface area contributed by atoms with Gasteiger partial charge in [-0.05, 0) is 51.3 Å². The van der Waals surface area contributed by atoms with Gasteiger partial charge < -0.3 is 15.4 Å². The van der Waals surface area contributed by atoms with Crippen LogP contribution in [0.4, 0.5) is 0 Å². The summed E-state index contributed by atoms with van der Waals surface area (Å²) in [6.45, 7) is 7.87. The van der Waals surface area contributed by atoms with Crippen molar-refractivity contribution in [1.82, 2.24) is 14.9 Å². The molecule has 9 heteroatoms. The third-order valence-electron chi connectivity index (χ3n) is 4.94. The van der Waals surface area contributed by atoms with Crippen LogP contribution in [-0.4, -0.2) is 57.6 Å². The highest BCUT2D eigenvalue weighted by Crippen LogP contribution is 2.23. The van der Waals surface area contributed by atoms with Crippen LogP contribution in [0.5, 0.6) is 0 Å². The summed E-state index contributed by atoms with van der Waals surface area (Å²) in [5, 5.41) is 6.55. The van der Waals surface area contributed by atoms with Crippen LogP contribution in [0.15, 0.2) is 34.2 Å². The highest BCUT2D eigenvalue weighted by Gasteiger charge is 2.29. The van der Waals surface area contributed by atoms with E-state index in [1.165, 1.54) is 4.31 Å². The highest BCUT2D eigenvalue weighted by molar-refractivity contribution is 14.0. The summed E-state index contributed by atoms with van der Waals surface area (Å²) in [5.74, 6) is 0.697. The maximum atomic E-state index is 12.5. The van der Waals surface area contributed by atoms with Gasteiger partial charge in [0.2, 0.25) is 10.0 Å². The molecule has 1 aliphatic heterocycles. The number of aliphatic imine (C=N–C) groups is 1. The molecule has 2 rings (SSSR count). The second-order valence-electron chi connectivity index (χ2n) is 7.44. The number of nitrogens with one attached hydrogen (secondary N) is 2. The third kappa shape index (κ3) is 6.57. The summed E-state index contributed by atoms with van der Waals surface area (Å²) < 4.78 is 32.2. The van der Waals surface area contributed by atoms with Crippen LogP contribution in [0.2, 0.25) is 0 Å². The molecule has 28 heavy (non-hydrogen) atoms. The number of sulfonamides is 1. The second kappa shape index (κ2) is 10.7. The lowest BCUT2D eigenvalue weighted by atomic mass is 10.0. The van der Waals surface area contributed by atoms with E-state index in [9.17, 15) is 8.42 Å². The standard InChI is InChI=1S/C19H32N4O3S.HI/c1-15(2)23(5)27(24,25)17-9-7-16(8-10-17)13-21-18(20-4)22-14-19(3)11-6-12-26-19;/h7-10,15H,6,11-14H2,1-5H3,(H2,20,21,22);1H. The average Bonchev–Trinajstić information content (AvgIpc) is 3.08. The molecule has 0 aliphatic carbocycles. The fourth-order valence-corrected chi connectivity index (χ4v) is 4.24. The Morgan fingerprint density at radius 3 is 2.43 bits per heavy atom. The smallest absolute Gasteiger partial charge is 0.243 e. The van der Waals surface area contributed by atoms with E-state index in [4.69, 9.17) is 4.74 Å². The Hall–Kier alpha value is -0.910. The summed E-state index contributed by atoms with van der Waals surface area (Å²) in [4.78, 5) is 4.53. The molecule has 7 nitrogen and oxygen atoms in total. The Bertz CT molecular complexity index is 745. The van der Waals surface area contributed by atoms with Crippen molar-refractivity contribution in [1.29, 1.82) is 0 Å². The van der Waals surface area contributed by atoms with Gasteiger partial charge >= 0.3 is 0 Å². The molecule has 0 bridgehead atoms. The monoisotopic (exact) mass is 524 g/mol. The van der Waals surface area contributed by atoms with Gasteiger partial charge in [-0.15, -0.1) is 24.0 Å². The molecule has 0 amide bonds. The number of benzene rings is 1. The first-order valence-electron chi connectivity index (χ1n) is 9.33. The van der Waals surface area contributed by atoms with Crippen LogP contribution in [0, 0.1) is 0 Å². The van der Waals surface area contributed by atoms with Crippen molar-refractivity contribution < 1.29 is 13.2 Å². The molecule has 1 aliphatic rings. The van der Waals surface area contributed by atoms with Crippen molar-refractivity contribution in [2.75, 3.05) is 27.2 Å². The summed E-state index contributed by atoms with van der Waals surface area (Å²) in [5.41, 5.74) is 0.836. The van der Waals surface area contributed by atoms with Crippen LogP contribution in [0.1, 0.15) is 39.2 Å². The number of hydrogen-bond donors (Lipinski definition) is 2. The quantitative estimate of drug-likeness (QED) is 0.326. The lowest BCUT2D eigenvalue weighted by Gasteiger charge is -2.24. The maximum absolute atomic E-state index is 12.5. The summed E-state index contributed by atoms with van der Waals surface area (Å²) in [6.07, 6.45) is 2.13. The molecule has 1 fully saturated rings. The molecule has 0 aromatic heterocycles. The average molecular weight is 524 g/mol. The van der Waals surface area contributed by atoms with E-state index >= 15 is 0 Å². The minimum Gasteiger partial charge on any atom is -0.373 e. The minimum atomic E-state index is -3.45. The first-order chi connectivity index (χ1) is 12.7. The number of rotatable bonds is 7. The Morgan fingerprint density at radius 1 is 1.29 bits per heavy atom. The van der Waals surface area contributed by atoms with Crippen LogP contribution in [-0.2, 0) is 21.3 Å². The fourth-order valence-electron chi connectivity index (χ4n) is 2.88. The molecule has 1 heterocycles. The molecule has 1 aromatic rings. The number of halogens is 1. The van der Waals surface area contributed by atoms with E-state index in [-0.39, 0.29) is 35.6 Å². The number of guanidine groups is 1. The van der Waals surface area contributed by atoms with Gasteiger partial charge in [-0.3, -0.25) is 4.99 Å².